The fourth-order valence-electron chi connectivity index (χ4n) is 5.19. The van der Waals surface area contributed by atoms with Crippen molar-refractivity contribution in [3.05, 3.63) is 35.9 Å². The normalized spacial score (nSPS) is 24.4. The van der Waals surface area contributed by atoms with E-state index in [1.165, 1.54) is 0 Å². The number of amides is 2. The van der Waals surface area contributed by atoms with Crippen molar-refractivity contribution in [2.45, 2.75) is 64.2 Å². The molecule has 1 spiro atoms. The number of carbonyl (C=O) groups excluding carboxylic acids is 2. The van der Waals surface area contributed by atoms with Crippen LogP contribution >= 0.6 is 0 Å². The van der Waals surface area contributed by atoms with Crippen molar-refractivity contribution in [3.8, 4) is 0 Å². The summed E-state index contributed by atoms with van der Waals surface area (Å²) in [5, 5.41) is 0. The van der Waals surface area contributed by atoms with Gasteiger partial charge in [-0.1, -0.05) is 30.3 Å². The lowest BCUT2D eigenvalue weighted by molar-refractivity contribution is -0.140. The molecule has 0 radical (unpaired) electrons. The van der Waals surface area contributed by atoms with E-state index in [1.807, 2.05) is 56.0 Å². The summed E-state index contributed by atoms with van der Waals surface area (Å²) in [5.74, 6) is -3.00. The van der Waals surface area contributed by atoms with E-state index in [0.717, 1.165) is 23.3 Å². The van der Waals surface area contributed by atoms with Gasteiger partial charge in [-0.2, -0.15) is 0 Å². The molecular weight excluding hydrogens is 444 g/mol. The number of nitrogens with zero attached hydrogens (tertiary/aromatic N) is 3. The number of hydrogen-bond donors (Lipinski definition) is 0. The summed E-state index contributed by atoms with van der Waals surface area (Å²) in [4.78, 5) is 29.3. The molecule has 0 aliphatic carbocycles. The molecule has 3 fully saturated rings. The van der Waals surface area contributed by atoms with Crippen LogP contribution in [-0.4, -0.2) is 83.7 Å². The Labute approximate surface area is 200 Å². The second-order valence-corrected chi connectivity index (χ2v) is 10.9. The molecule has 0 N–H and O–H groups in total. The number of hydrogen-bond acceptors (Lipinski definition) is 5. The van der Waals surface area contributed by atoms with Crippen molar-refractivity contribution < 1.29 is 27.8 Å². The standard InChI is InChI=1S/C25H35F2N3O4/c1-23(2,3)34-22(32)30-16-24(17-30)10-13-28(14-11-24)20-9-12-29(18-25(20,26)27)21(31)33-15-19-7-5-4-6-8-19/h4-8,20H,9-18H2,1-3H3. The van der Waals surface area contributed by atoms with Crippen molar-refractivity contribution in [1.82, 2.24) is 14.7 Å². The zero-order valence-electron chi connectivity index (χ0n) is 20.3. The van der Waals surface area contributed by atoms with Gasteiger partial charge in [0.1, 0.15) is 12.2 Å². The number of alkyl halides is 2. The van der Waals surface area contributed by atoms with Crippen molar-refractivity contribution in [3.63, 3.8) is 0 Å². The SMILES string of the molecule is CC(C)(C)OC(=O)N1CC2(CCN(C3CCN(C(=O)OCc4ccccc4)CC3(F)F)CC2)C1. The highest BCUT2D eigenvalue weighted by atomic mass is 19.3. The van der Waals surface area contributed by atoms with Gasteiger partial charge < -0.3 is 19.3 Å². The zero-order valence-corrected chi connectivity index (χ0v) is 20.3. The number of benzene rings is 1. The van der Waals surface area contributed by atoms with E-state index in [4.69, 9.17) is 9.47 Å². The number of piperidine rings is 2. The van der Waals surface area contributed by atoms with Crippen LogP contribution in [0.15, 0.2) is 30.3 Å². The Bertz CT molecular complexity index is 874. The van der Waals surface area contributed by atoms with E-state index < -0.39 is 30.2 Å². The smallest absolute Gasteiger partial charge is 0.410 e. The van der Waals surface area contributed by atoms with Gasteiger partial charge in [0.25, 0.3) is 5.92 Å². The summed E-state index contributed by atoms with van der Waals surface area (Å²) < 4.78 is 40.8. The summed E-state index contributed by atoms with van der Waals surface area (Å²) in [6.45, 7) is 7.60. The van der Waals surface area contributed by atoms with Crippen molar-refractivity contribution in [2.24, 2.45) is 5.41 Å². The van der Waals surface area contributed by atoms with Gasteiger partial charge in [0, 0.05) is 25.0 Å². The van der Waals surface area contributed by atoms with Crippen LogP contribution in [0.25, 0.3) is 0 Å². The van der Waals surface area contributed by atoms with Crippen LogP contribution in [0.2, 0.25) is 0 Å². The Hall–Kier alpha value is -2.42. The van der Waals surface area contributed by atoms with Crippen LogP contribution < -0.4 is 0 Å². The molecule has 1 aromatic carbocycles. The topological polar surface area (TPSA) is 62.3 Å². The minimum absolute atomic E-state index is 0.00460. The first-order valence-corrected chi connectivity index (χ1v) is 12.0. The first-order chi connectivity index (χ1) is 16.0. The van der Waals surface area contributed by atoms with Gasteiger partial charge >= 0.3 is 12.2 Å². The lowest BCUT2D eigenvalue weighted by Gasteiger charge is -2.55. The maximum absolute atomic E-state index is 15.1. The third kappa shape index (κ3) is 5.62. The first kappa shape index (κ1) is 24.7. The molecule has 3 aliphatic heterocycles. The van der Waals surface area contributed by atoms with Gasteiger partial charge in [-0.25, -0.2) is 18.4 Å². The Morgan fingerprint density at radius 2 is 1.62 bits per heavy atom. The minimum Gasteiger partial charge on any atom is -0.445 e. The van der Waals surface area contributed by atoms with Gasteiger partial charge in [0.05, 0.1) is 12.6 Å². The monoisotopic (exact) mass is 479 g/mol. The molecule has 3 heterocycles. The van der Waals surface area contributed by atoms with Crippen molar-refractivity contribution >= 4 is 12.2 Å². The predicted octanol–water partition coefficient (Wildman–Crippen LogP) is 4.37. The fourth-order valence-corrected chi connectivity index (χ4v) is 5.19. The lowest BCUT2D eigenvalue weighted by Crippen LogP contribution is -2.65. The van der Waals surface area contributed by atoms with Gasteiger partial charge in [-0.05, 0) is 58.7 Å². The number of likely N-dealkylation sites (tertiary alicyclic amines) is 3. The van der Waals surface area contributed by atoms with Gasteiger partial charge in [-0.3, -0.25) is 4.90 Å². The van der Waals surface area contributed by atoms with E-state index >= 15 is 8.78 Å². The van der Waals surface area contributed by atoms with E-state index in [0.29, 0.717) is 26.2 Å². The van der Waals surface area contributed by atoms with E-state index in [-0.39, 0.29) is 31.1 Å². The molecule has 188 valence electrons. The van der Waals surface area contributed by atoms with E-state index in [9.17, 15) is 9.59 Å². The van der Waals surface area contributed by atoms with Crippen LogP contribution in [-0.2, 0) is 16.1 Å². The van der Waals surface area contributed by atoms with E-state index in [1.54, 1.807) is 4.90 Å². The molecule has 1 atom stereocenters. The summed E-state index contributed by atoms with van der Waals surface area (Å²) in [6.07, 6.45) is 0.767. The molecule has 9 heteroatoms. The first-order valence-electron chi connectivity index (χ1n) is 12.0. The largest absolute Gasteiger partial charge is 0.445 e. The maximum atomic E-state index is 15.1. The third-order valence-electron chi connectivity index (χ3n) is 7.03. The summed E-state index contributed by atoms with van der Waals surface area (Å²) in [5.41, 5.74) is 0.295. The average Bonchev–Trinajstić information content (AvgIpc) is 2.75. The van der Waals surface area contributed by atoms with Crippen LogP contribution in [0.1, 0.15) is 45.6 Å². The zero-order chi connectivity index (χ0) is 24.6. The van der Waals surface area contributed by atoms with Crippen LogP contribution in [0.5, 0.6) is 0 Å². The number of ether oxygens (including phenoxy) is 2. The Morgan fingerprint density at radius 1 is 0.971 bits per heavy atom. The average molecular weight is 480 g/mol. The van der Waals surface area contributed by atoms with Gasteiger partial charge in [-0.15, -0.1) is 0 Å². The van der Waals surface area contributed by atoms with Crippen LogP contribution in [0, 0.1) is 5.41 Å². The highest BCUT2D eigenvalue weighted by Crippen LogP contribution is 2.43. The quantitative estimate of drug-likeness (QED) is 0.645. The van der Waals surface area contributed by atoms with Crippen LogP contribution in [0.3, 0.4) is 0 Å². The Morgan fingerprint density at radius 3 is 2.21 bits per heavy atom. The maximum Gasteiger partial charge on any atom is 0.410 e. The van der Waals surface area contributed by atoms with Gasteiger partial charge in [0.15, 0.2) is 0 Å². The molecule has 3 saturated heterocycles. The second kappa shape index (κ2) is 9.32. The van der Waals surface area contributed by atoms with Crippen molar-refractivity contribution in [1.29, 1.82) is 0 Å². The Kier molecular flexibility index (Phi) is 6.77. The molecule has 34 heavy (non-hydrogen) atoms. The molecular formula is C25H35F2N3O4. The lowest BCUT2D eigenvalue weighted by atomic mass is 9.71. The molecule has 4 rings (SSSR count). The molecule has 2 amide bonds. The Balaban J connectivity index is 1.24. The number of rotatable bonds is 3. The second-order valence-electron chi connectivity index (χ2n) is 10.9. The highest BCUT2D eigenvalue weighted by Gasteiger charge is 2.53. The fraction of sp³-hybridized carbons (Fsp3) is 0.680. The molecule has 0 aromatic heterocycles. The molecule has 7 nitrogen and oxygen atoms in total. The van der Waals surface area contributed by atoms with E-state index in [2.05, 4.69) is 0 Å². The molecule has 0 saturated carbocycles. The summed E-state index contributed by atoms with van der Waals surface area (Å²) >= 11 is 0. The predicted molar refractivity (Wildman–Crippen MR) is 123 cm³/mol. The summed E-state index contributed by atoms with van der Waals surface area (Å²) in [7, 11) is 0. The highest BCUT2D eigenvalue weighted by molar-refractivity contribution is 5.69. The van der Waals surface area contributed by atoms with Crippen LogP contribution in [0.4, 0.5) is 18.4 Å². The molecule has 0 bridgehead atoms. The third-order valence-corrected chi connectivity index (χ3v) is 7.03. The molecule has 3 aliphatic rings. The molecule has 1 aromatic rings. The van der Waals surface area contributed by atoms with Gasteiger partial charge in [0.2, 0.25) is 0 Å². The molecule has 1 unspecified atom stereocenters. The minimum atomic E-state index is -3.00. The van der Waals surface area contributed by atoms with Crippen molar-refractivity contribution in [2.75, 3.05) is 39.3 Å². The summed E-state index contributed by atoms with van der Waals surface area (Å²) in [6, 6.07) is 8.30. The number of halogens is 2. The number of carbonyl (C=O) groups is 2.